The van der Waals surface area contributed by atoms with Gasteiger partial charge >= 0.3 is 0 Å². The van der Waals surface area contributed by atoms with Crippen LogP contribution in [0.25, 0.3) is 0 Å². The number of carbonyl (C=O) groups is 2. The zero-order chi connectivity index (χ0) is 22.2. The van der Waals surface area contributed by atoms with Crippen molar-refractivity contribution in [1.82, 2.24) is 4.90 Å². The third kappa shape index (κ3) is 6.69. The van der Waals surface area contributed by atoms with Gasteiger partial charge in [-0.3, -0.25) is 14.5 Å². The second-order valence-electron chi connectivity index (χ2n) is 7.50. The van der Waals surface area contributed by atoms with Crippen molar-refractivity contribution in [2.45, 2.75) is 13.8 Å². The first-order chi connectivity index (χ1) is 14.9. The van der Waals surface area contributed by atoms with Crippen molar-refractivity contribution in [3.05, 3.63) is 83.9 Å². The molecule has 0 heterocycles. The summed E-state index contributed by atoms with van der Waals surface area (Å²) in [5.41, 5.74) is 3.43. The minimum atomic E-state index is -0.230. The molecule has 0 aliphatic heterocycles. The minimum absolute atomic E-state index is 0.0693. The number of para-hydroxylation sites is 3. The van der Waals surface area contributed by atoms with Crippen LogP contribution in [0.2, 0.25) is 0 Å². The van der Waals surface area contributed by atoms with E-state index in [9.17, 15) is 9.59 Å². The molecule has 2 N–H and O–H groups in total. The van der Waals surface area contributed by atoms with E-state index >= 15 is 0 Å². The Bertz CT molecular complexity index is 1050. The predicted octanol–water partition coefficient (Wildman–Crippen LogP) is 4.60. The van der Waals surface area contributed by atoms with Gasteiger partial charge in [0.25, 0.3) is 0 Å². The number of nitrogens with zero attached hydrogens (tertiary/aromatic N) is 1. The predicted molar refractivity (Wildman–Crippen MR) is 124 cm³/mol. The zero-order valence-corrected chi connectivity index (χ0v) is 18.0. The number of hydrogen-bond acceptors (Lipinski definition) is 4. The molecule has 0 atom stereocenters. The Morgan fingerprint density at radius 1 is 0.806 bits per heavy atom. The van der Waals surface area contributed by atoms with Gasteiger partial charge in [-0.1, -0.05) is 42.5 Å². The second kappa shape index (κ2) is 10.4. The molecule has 0 radical (unpaired) electrons. The maximum Gasteiger partial charge on any atom is 0.238 e. The highest BCUT2D eigenvalue weighted by Crippen LogP contribution is 2.29. The molecule has 2 amide bonds. The fourth-order valence-corrected chi connectivity index (χ4v) is 3.07. The molecule has 3 aromatic rings. The molecule has 3 rings (SSSR count). The van der Waals surface area contributed by atoms with Crippen LogP contribution in [0.4, 0.5) is 11.4 Å². The lowest BCUT2D eigenvalue weighted by Gasteiger charge is -2.18. The van der Waals surface area contributed by atoms with E-state index < -0.39 is 0 Å². The number of anilines is 2. The molecule has 6 nitrogen and oxygen atoms in total. The first kappa shape index (κ1) is 22.1. The van der Waals surface area contributed by atoms with Gasteiger partial charge in [-0.15, -0.1) is 0 Å². The van der Waals surface area contributed by atoms with Crippen LogP contribution in [0.5, 0.6) is 11.5 Å². The van der Waals surface area contributed by atoms with E-state index in [1.165, 1.54) is 0 Å². The summed E-state index contributed by atoms with van der Waals surface area (Å²) in [5, 5.41) is 5.77. The number of ether oxygens (including phenoxy) is 1. The molecule has 0 aromatic heterocycles. The average Bonchev–Trinajstić information content (AvgIpc) is 2.72. The highest BCUT2D eigenvalue weighted by molar-refractivity contribution is 5.95. The van der Waals surface area contributed by atoms with Crippen LogP contribution in [0.3, 0.4) is 0 Å². The number of nitrogens with one attached hydrogen (secondary N) is 2. The number of carbonyl (C=O) groups excluding carboxylic acids is 2. The molecule has 31 heavy (non-hydrogen) atoms. The number of benzene rings is 3. The van der Waals surface area contributed by atoms with Gasteiger partial charge in [-0.2, -0.15) is 0 Å². The standard InChI is InChI=1S/C25H27N3O3/c1-18-13-14-19(2)22(15-18)27-25(30)17-28(3)16-24(29)26-21-11-7-8-12-23(21)31-20-9-5-4-6-10-20/h4-15H,16-17H2,1-3H3,(H,26,29)(H,27,30). The molecule has 0 saturated carbocycles. The molecule has 0 bridgehead atoms. The van der Waals surface area contributed by atoms with Crippen LogP contribution < -0.4 is 15.4 Å². The maximum absolute atomic E-state index is 12.5. The Balaban J connectivity index is 1.55. The van der Waals surface area contributed by atoms with Crippen molar-refractivity contribution in [3.63, 3.8) is 0 Å². The smallest absolute Gasteiger partial charge is 0.238 e. The molecular weight excluding hydrogens is 390 g/mol. The lowest BCUT2D eigenvalue weighted by Crippen LogP contribution is -2.36. The quantitative estimate of drug-likeness (QED) is 0.562. The largest absolute Gasteiger partial charge is 0.455 e. The van der Waals surface area contributed by atoms with Crippen molar-refractivity contribution in [1.29, 1.82) is 0 Å². The summed E-state index contributed by atoms with van der Waals surface area (Å²) >= 11 is 0. The van der Waals surface area contributed by atoms with Crippen LogP contribution >= 0.6 is 0 Å². The molecule has 6 heteroatoms. The van der Waals surface area contributed by atoms with Crippen molar-refractivity contribution in [2.24, 2.45) is 0 Å². The third-order valence-corrected chi connectivity index (χ3v) is 4.63. The van der Waals surface area contributed by atoms with E-state index in [0.717, 1.165) is 16.8 Å². The van der Waals surface area contributed by atoms with Crippen LogP contribution in [-0.4, -0.2) is 36.9 Å². The van der Waals surface area contributed by atoms with Crippen LogP contribution in [0.15, 0.2) is 72.8 Å². The van der Waals surface area contributed by atoms with E-state index in [1.54, 1.807) is 24.1 Å². The Morgan fingerprint density at radius 2 is 1.42 bits per heavy atom. The lowest BCUT2D eigenvalue weighted by molar-refractivity contribution is -0.119. The van der Waals surface area contributed by atoms with Crippen molar-refractivity contribution in [2.75, 3.05) is 30.8 Å². The number of amides is 2. The first-order valence-electron chi connectivity index (χ1n) is 10.1. The summed E-state index contributed by atoms with van der Waals surface area (Å²) in [6.07, 6.45) is 0. The van der Waals surface area contributed by atoms with Crippen LogP contribution in [0, 0.1) is 13.8 Å². The Morgan fingerprint density at radius 3 is 2.13 bits per heavy atom. The Kier molecular flexibility index (Phi) is 7.40. The molecule has 160 valence electrons. The number of rotatable bonds is 8. The van der Waals surface area contributed by atoms with Crippen molar-refractivity contribution < 1.29 is 14.3 Å². The van der Waals surface area contributed by atoms with E-state index in [0.29, 0.717) is 17.2 Å². The molecule has 0 saturated heterocycles. The van der Waals surface area contributed by atoms with Gasteiger partial charge in [0.1, 0.15) is 5.75 Å². The maximum atomic E-state index is 12.5. The van der Waals surface area contributed by atoms with Gasteiger partial charge in [0.05, 0.1) is 18.8 Å². The molecule has 3 aromatic carbocycles. The van der Waals surface area contributed by atoms with E-state index in [4.69, 9.17) is 4.74 Å². The molecular formula is C25H27N3O3. The fourth-order valence-electron chi connectivity index (χ4n) is 3.07. The lowest BCUT2D eigenvalue weighted by atomic mass is 10.1. The summed E-state index contributed by atoms with van der Waals surface area (Å²) < 4.78 is 5.87. The summed E-state index contributed by atoms with van der Waals surface area (Å²) in [7, 11) is 1.73. The van der Waals surface area contributed by atoms with E-state index in [-0.39, 0.29) is 24.9 Å². The summed E-state index contributed by atoms with van der Waals surface area (Å²) in [6, 6.07) is 22.5. The van der Waals surface area contributed by atoms with Gasteiger partial charge in [-0.25, -0.2) is 0 Å². The molecule has 0 spiro atoms. The fraction of sp³-hybridized carbons (Fsp3) is 0.200. The van der Waals surface area contributed by atoms with Gasteiger partial charge < -0.3 is 15.4 Å². The zero-order valence-electron chi connectivity index (χ0n) is 18.0. The summed E-state index contributed by atoms with van der Waals surface area (Å²) in [6.45, 7) is 4.09. The normalized spacial score (nSPS) is 10.6. The second-order valence-corrected chi connectivity index (χ2v) is 7.50. The van der Waals surface area contributed by atoms with Gasteiger partial charge in [0, 0.05) is 5.69 Å². The van der Waals surface area contributed by atoms with Gasteiger partial charge in [0.2, 0.25) is 11.8 Å². The van der Waals surface area contributed by atoms with E-state index in [2.05, 4.69) is 10.6 Å². The minimum Gasteiger partial charge on any atom is -0.455 e. The highest BCUT2D eigenvalue weighted by atomic mass is 16.5. The topological polar surface area (TPSA) is 70.7 Å². The van der Waals surface area contributed by atoms with Crippen molar-refractivity contribution >= 4 is 23.2 Å². The Labute approximate surface area is 182 Å². The van der Waals surface area contributed by atoms with E-state index in [1.807, 2.05) is 74.5 Å². The monoisotopic (exact) mass is 417 g/mol. The van der Waals surface area contributed by atoms with Gasteiger partial charge in [-0.05, 0) is 62.4 Å². The number of hydrogen-bond donors (Lipinski definition) is 2. The SMILES string of the molecule is Cc1ccc(C)c(NC(=O)CN(C)CC(=O)Nc2ccccc2Oc2ccccc2)c1. The van der Waals surface area contributed by atoms with Crippen molar-refractivity contribution in [3.8, 4) is 11.5 Å². The third-order valence-electron chi connectivity index (χ3n) is 4.63. The number of likely N-dealkylation sites (N-methyl/N-ethyl adjacent to an activating group) is 1. The van der Waals surface area contributed by atoms with Crippen LogP contribution in [-0.2, 0) is 9.59 Å². The van der Waals surface area contributed by atoms with Gasteiger partial charge in [0.15, 0.2) is 5.75 Å². The average molecular weight is 418 g/mol. The molecule has 0 unspecified atom stereocenters. The molecule has 0 fully saturated rings. The molecule has 0 aliphatic rings. The summed E-state index contributed by atoms with van der Waals surface area (Å²) in [4.78, 5) is 26.6. The Hall–Kier alpha value is -3.64. The number of aryl methyl sites for hydroxylation is 2. The van der Waals surface area contributed by atoms with Crippen LogP contribution in [0.1, 0.15) is 11.1 Å². The molecule has 0 aliphatic carbocycles. The first-order valence-corrected chi connectivity index (χ1v) is 10.1. The summed E-state index contributed by atoms with van der Waals surface area (Å²) in [5.74, 6) is 0.838. The highest BCUT2D eigenvalue weighted by Gasteiger charge is 2.14.